The van der Waals surface area contributed by atoms with E-state index in [1.165, 1.54) is 10.8 Å². The van der Waals surface area contributed by atoms with Crippen LogP contribution in [0.5, 0.6) is 0 Å². The quantitative estimate of drug-likeness (QED) is 0.796. The number of fused-ring (bicyclic) bond motifs is 3. The van der Waals surface area contributed by atoms with Crippen molar-refractivity contribution in [2.24, 2.45) is 0 Å². The molecule has 0 bridgehead atoms. The van der Waals surface area contributed by atoms with Gasteiger partial charge >= 0.3 is 5.97 Å². The van der Waals surface area contributed by atoms with Crippen molar-refractivity contribution in [1.29, 1.82) is 0 Å². The largest absolute Gasteiger partial charge is 0.480 e. The minimum Gasteiger partial charge on any atom is -0.480 e. The van der Waals surface area contributed by atoms with Gasteiger partial charge in [-0.15, -0.1) is 0 Å². The lowest BCUT2D eigenvalue weighted by molar-refractivity contribution is -0.137. The van der Waals surface area contributed by atoms with Crippen LogP contribution >= 0.6 is 0 Å². The van der Waals surface area contributed by atoms with Gasteiger partial charge in [0.15, 0.2) is 0 Å². The molecular weight excluding hydrogens is 222 g/mol. The van der Waals surface area contributed by atoms with Crippen molar-refractivity contribution >= 4 is 11.5 Å². The molecule has 0 saturated heterocycles. The van der Waals surface area contributed by atoms with Gasteiger partial charge in [-0.1, -0.05) is 0 Å². The molecule has 6 nitrogen and oxygen atoms in total. The van der Waals surface area contributed by atoms with Crippen LogP contribution in [0, 0.1) is 0 Å². The predicted octanol–water partition coefficient (Wildman–Crippen LogP) is 0.0693. The number of carboxylic acid groups (broad SMARTS) is 1. The number of rotatable bonds is 2. The third-order valence-corrected chi connectivity index (χ3v) is 3.09. The first-order chi connectivity index (χ1) is 8.16. The Labute approximate surface area is 96.1 Å². The van der Waals surface area contributed by atoms with Crippen LogP contribution in [-0.4, -0.2) is 25.3 Å². The Morgan fingerprint density at radius 1 is 1.41 bits per heavy atom. The molecule has 0 spiro atoms. The summed E-state index contributed by atoms with van der Waals surface area (Å²) < 4.78 is 2.77. The lowest BCUT2D eigenvalue weighted by Crippen LogP contribution is -2.25. The van der Waals surface area contributed by atoms with Gasteiger partial charge in [0, 0.05) is 18.0 Å². The number of hydrogen-bond acceptors (Lipinski definition) is 3. The van der Waals surface area contributed by atoms with E-state index < -0.39 is 5.97 Å². The average Bonchev–Trinajstić information content (AvgIpc) is 2.80. The van der Waals surface area contributed by atoms with Crippen LogP contribution in [0.3, 0.4) is 0 Å². The molecule has 3 rings (SSSR count). The highest BCUT2D eigenvalue weighted by molar-refractivity contribution is 5.67. The number of aryl methyl sites for hydroxylation is 2. The van der Waals surface area contributed by atoms with E-state index in [0.717, 1.165) is 30.5 Å². The monoisotopic (exact) mass is 233 g/mol. The molecule has 1 aliphatic carbocycles. The molecule has 0 aromatic carbocycles. The number of carboxylic acids is 1. The molecule has 1 aliphatic rings. The summed E-state index contributed by atoms with van der Waals surface area (Å²) in [4.78, 5) is 22.8. The maximum atomic E-state index is 12.1. The third kappa shape index (κ3) is 1.44. The van der Waals surface area contributed by atoms with Crippen LogP contribution in [0.15, 0.2) is 17.2 Å². The molecule has 0 unspecified atom stereocenters. The molecule has 0 aliphatic heterocycles. The van der Waals surface area contributed by atoms with Gasteiger partial charge in [-0.3, -0.25) is 9.59 Å². The van der Waals surface area contributed by atoms with Crippen molar-refractivity contribution in [1.82, 2.24) is 14.2 Å². The first kappa shape index (κ1) is 10.1. The van der Waals surface area contributed by atoms with Crippen LogP contribution in [0.25, 0.3) is 5.52 Å². The smallest absolute Gasteiger partial charge is 0.323 e. The molecular formula is C11H11N3O3. The summed E-state index contributed by atoms with van der Waals surface area (Å²) in [6.45, 7) is -0.310. The van der Waals surface area contributed by atoms with E-state index in [0.29, 0.717) is 5.52 Å². The lowest BCUT2D eigenvalue weighted by atomic mass is 10.2. The zero-order valence-corrected chi connectivity index (χ0v) is 9.09. The average molecular weight is 233 g/mol. The Morgan fingerprint density at radius 3 is 3.00 bits per heavy atom. The second-order valence-corrected chi connectivity index (χ2v) is 4.20. The van der Waals surface area contributed by atoms with Gasteiger partial charge < -0.3 is 9.67 Å². The van der Waals surface area contributed by atoms with E-state index in [1.807, 2.05) is 0 Å². The molecule has 2 aromatic heterocycles. The van der Waals surface area contributed by atoms with Crippen LogP contribution in [0.2, 0.25) is 0 Å². The Morgan fingerprint density at radius 2 is 2.24 bits per heavy atom. The fourth-order valence-corrected chi connectivity index (χ4v) is 2.36. The summed E-state index contributed by atoms with van der Waals surface area (Å²) in [5.41, 5.74) is 2.21. The molecule has 1 N–H and O–H groups in total. The molecule has 0 fully saturated rings. The zero-order chi connectivity index (χ0) is 12.0. The van der Waals surface area contributed by atoms with Crippen molar-refractivity contribution in [2.75, 3.05) is 0 Å². The summed E-state index contributed by atoms with van der Waals surface area (Å²) in [5.74, 6) is -1.02. The Kier molecular flexibility index (Phi) is 2.04. The molecule has 2 heterocycles. The van der Waals surface area contributed by atoms with Gasteiger partial charge in [0.25, 0.3) is 5.56 Å². The van der Waals surface area contributed by atoms with Crippen LogP contribution in [-0.2, 0) is 24.2 Å². The normalized spacial score (nSPS) is 14.1. The number of hydrogen-bond donors (Lipinski definition) is 1. The van der Waals surface area contributed by atoms with Gasteiger partial charge in [-0.25, -0.2) is 4.52 Å². The molecule has 0 atom stereocenters. The van der Waals surface area contributed by atoms with E-state index >= 15 is 0 Å². The number of aliphatic carboxylic acids is 1. The number of carbonyl (C=O) groups is 1. The molecule has 0 saturated carbocycles. The summed E-state index contributed by atoms with van der Waals surface area (Å²) in [6.07, 6.45) is 5.87. The second kappa shape index (κ2) is 3.44. The topological polar surface area (TPSA) is 76.6 Å². The van der Waals surface area contributed by atoms with Crippen molar-refractivity contribution < 1.29 is 9.90 Å². The molecule has 17 heavy (non-hydrogen) atoms. The van der Waals surface area contributed by atoms with Crippen molar-refractivity contribution in [2.45, 2.75) is 25.8 Å². The Bertz CT molecular complexity index is 668. The fraction of sp³-hybridized carbons (Fsp3) is 0.364. The number of nitrogens with zero attached hydrogens (tertiary/aromatic N) is 3. The highest BCUT2D eigenvalue weighted by Gasteiger charge is 2.21. The standard InChI is InChI=1S/C11H11N3O3/c15-9(16)6-13-4-5-14-10(11(13)17)7-2-1-3-8(7)12-14/h4-5H,1-3,6H2,(H,15,16). The third-order valence-electron chi connectivity index (χ3n) is 3.09. The molecule has 88 valence electrons. The Hall–Kier alpha value is -2.11. The summed E-state index contributed by atoms with van der Waals surface area (Å²) >= 11 is 0. The van der Waals surface area contributed by atoms with Gasteiger partial charge in [0.2, 0.25) is 0 Å². The fourth-order valence-electron chi connectivity index (χ4n) is 2.36. The molecule has 6 heteroatoms. The van der Waals surface area contributed by atoms with Gasteiger partial charge in [-0.05, 0) is 19.3 Å². The SMILES string of the molecule is O=C(O)Cn1ccn2nc3c(c2c1=O)CCC3. The minimum absolute atomic E-state index is 0.273. The van der Waals surface area contributed by atoms with Crippen LogP contribution in [0.4, 0.5) is 0 Å². The van der Waals surface area contributed by atoms with E-state index in [4.69, 9.17) is 5.11 Å². The zero-order valence-electron chi connectivity index (χ0n) is 9.09. The predicted molar refractivity (Wildman–Crippen MR) is 59.1 cm³/mol. The summed E-state index contributed by atoms with van der Waals surface area (Å²) in [6, 6.07) is 0. The van der Waals surface area contributed by atoms with Crippen molar-refractivity contribution in [3.8, 4) is 0 Å². The van der Waals surface area contributed by atoms with E-state index in [9.17, 15) is 9.59 Å². The molecule has 2 aromatic rings. The highest BCUT2D eigenvalue weighted by Crippen LogP contribution is 2.23. The van der Waals surface area contributed by atoms with Crippen LogP contribution in [0.1, 0.15) is 17.7 Å². The van der Waals surface area contributed by atoms with E-state index in [-0.39, 0.29) is 12.1 Å². The Balaban J connectivity index is 2.26. The molecule has 0 amide bonds. The van der Waals surface area contributed by atoms with Crippen LogP contribution < -0.4 is 5.56 Å². The summed E-state index contributed by atoms with van der Waals surface area (Å²) in [7, 11) is 0. The maximum Gasteiger partial charge on any atom is 0.323 e. The maximum absolute atomic E-state index is 12.1. The van der Waals surface area contributed by atoms with Gasteiger partial charge in [-0.2, -0.15) is 5.10 Å². The van der Waals surface area contributed by atoms with Crippen molar-refractivity contribution in [3.05, 3.63) is 34.0 Å². The number of aromatic nitrogens is 3. The van der Waals surface area contributed by atoms with E-state index in [2.05, 4.69) is 5.10 Å². The first-order valence-corrected chi connectivity index (χ1v) is 5.48. The van der Waals surface area contributed by atoms with Crippen molar-refractivity contribution in [3.63, 3.8) is 0 Å². The first-order valence-electron chi connectivity index (χ1n) is 5.48. The lowest BCUT2D eigenvalue weighted by Gasteiger charge is -2.02. The highest BCUT2D eigenvalue weighted by atomic mass is 16.4. The second-order valence-electron chi connectivity index (χ2n) is 4.20. The van der Waals surface area contributed by atoms with Gasteiger partial charge in [0.1, 0.15) is 12.1 Å². The van der Waals surface area contributed by atoms with Gasteiger partial charge in [0.05, 0.1) is 5.69 Å². The minimum atomic E-state index is -1.02. The molecule has 0 radical (unpaired) electrons. The van der Waals surface area contributed by atoms with E-state index in [1.54, 1.807) is 10.7 Å². The summed E-state index contributed by atoms with van der Waals surface area (Å²) in [5, 5.41) is 13.1.